The highest BCUT2D eigenvalue weighted by atomic mass is 32.1. The van der Waals surface area contributed by atoms with Gasteiger partial charge < -0.3 is 4.74 Å². The molecular formula is C12H19NOS2. The molecule has 0 radical (unpaired) electrons. The van der Waals surface area contributed by atoms with Crippen molar-refractivity contribution in [2.75, 3.05) is 7.11 Å². The van der Waals surface area contributed by atoms with E-state index in [-0.39, 0.29) is 0 Å². The van der Waals surface area contributed by atoms with E-state index in [1.54, 1.807) is 7.11 Å². The molecule has 1 aliphatic rings. The van der Waals surface area contributed by atoms with E-state index in [0.29, 0.717) is 12.5 Å². The molecular weight excluding hydrogens is 238 g/mol. The van der Waals surface area contributed by atoms with Crippen molar-refractivity contribution in [3.63, 3.8) is 0 Å². The van der Waals surface area contributed by atoms with E-state index >= 15 is 0 Å². The number of aromatic nitrogens is 1. The SMILES string of the molecule is COCc1nc(C2CCCCC2)sc1CS. The van der Waals surface area contributed by atoms with Gasteiger partial charge in [0.2, 0.25) is 0 Å². The van der Waals surface area contributed by atoms with Crippen LogP contribution >= 0.6 is 24.0 Å². The van der Waals surface area contributed by atoms with E-state index in [4.69, 9.17) is 9.72 Å². The van der Waals surface area contributed by atoms with E-state index in [0.717, 1.165) is 11.4 Å². The number of rotatable bonds is 4. The summed E-state index contributed by atoms with van der Waals surface area (Å²) in [5.41, 5.74) is 1.10. The Morgan fingerprint density at radius 1 is 1.38 bits per heavy atom. The average molecular weight is 257 g/mol. The summed E-state index contributed by atoms with van der Waals surface area (Å²) < 4.78 is 5.18. The smallest absolute Gasteiger partial charge is 0.0963 e. The van der Waals surface area contributed by atoms with Gasteiger partial charge in [0.15, 0.2) is 0 Å². The predicted molar refractivity (Wildman–Crippen MR) is 71.3 cm³/mol. The van der Waals surface area contributed by atoms with Crippen LogP contribution in [0.5, 0.6) is 0 Å². The molecule has 0 N–H and O–H groups in total. The van der Waals surface area contributed by atoms with E-state index in [9.17, 15) is 0 Å². The summed E-state index contributed by atoms with van der Waals surface area (Å²) in [5, 5.41) is 1.32. The summed E-state index contributed by atoms with van der Waals surface area (Å²) in [4.78, 5) is 6.02. The van der Waals surface area contributed by atoms with Crippen molar-refractivity contribution in [2.24, 2.45) is 0 Å². The quantitative estimate of drug-likeness (QED) is 0.830. The Balaban J connectivity index is 2.14. The van der Waals surface area contributed by atoms with Crippen LogP contribution in [0, 0.1) is 0 Å². The number of nitrogens with zero attached hydrogens (tertiary/aromatic N) is 1. The van der Waals surface area contributed by atoms with E-state index in [1.165, 1.54) is 42.0 Å². The van der Waals surface area contributed by atoms with Gasteiger partial charge in [0, 0.05) is 23.7 Å². The third-order valence-corrected chi connectivity index (χ3v) is 4.96. The minimum absolute atomic E-state index is 0.624. The first-order valence-corrected chi connectivity index (χ1v) is 7.38. The Morgan fingerprint density at radius 2 is 2.12 bits per heavy atom. The fourth-order valence-electron chi connectivity index (χ4n) is 2.30. The van der Waals surface area contributed by atoms with Gasteiger partial charge in [-0.05, 0) is 12.8 Å². The zero-order valence-electron chi connectivity index (χ0n) is 9.74. The summed E-state index contributed by atoms with van der Waals surface area (Å²) in [5.74, 6) is 1.48. The molecule has 2 rings (SSSR count). The summed E-state index contributed by atoms with van der Waals surface area (Å²) in [6, 6.07) is 0. The molecule has 0 aromatic carbocycles. The van der Waals surface area contributed by atoms with Crippen LogP contribution in [-0.4, -0.2) is 12.1 Å². The number of thiazole rings is 1. The third-order valence-electron chi connectivity index (χ3n) is 3.17. The van der Waals surface area contributed by atoms with Gasteiger partial charge >= 0.3 is 0 Å². The zero-order chi connectivity index (χ0) is 11.4. The molecule has 0 atom stereocenters. The van der Waals surface area contributed by atoms with Gasteiger partial charge in [-0.1, -0.05) is 19.3 Å². The minimum atomic E-state index is 0.624. The topological polar surface area (TPSA) is 22.1 Å². The molecule has 1 aliphatic carbocycles. The molecule has 0 bridgehead atoms. The van der Waals surface area contributed by atoms with Crippen molar-refractivity contribution in [2.45, 2.75) is 50.4 Å². The molecule has 0 aliphatic heterocycles. The number of methoxy groups -OCH3 is 1. The first-order valence-electron chi connectivity index (χ1n) is 5.93. The lowest BCUT2D eigenvalue weighted by Crippen LogP contribution is -2.04. The Morgan fingerprint density at radius 3 is 2.75 bits per heavy atom. The van der Waals surface area contributed by atoms with Gasteiger partial charge in [-0.2, -0.15) is 12.6 Å². The molecule has 0 unspecified atom stereocenters. The maximum Gasteiger partial charge on any atom is 0.0963 e. The molecule has 0 spiro atoms. The van der Waals surface area contributed by atoms with Crippen molar-refractivity contribution in [3.05, 3.63) is 15.6 Å². The second kappa shape index (κ2) is 6.03. The lowest BCUT2D eigenvalue weighted by Gasteiger charge is -2.18. The van der Waals surface area contributed by atoms with Crippen LogP contribution in [-0.2, 0) is 17.1 Å². The molecule has 2 nitrogen and oxygen atoms in total. The Labute approximate surface area is 107 Å². The van der Waals surface area contributed by atoms with Gasteiger partial charge in [0.25, 0.3) is 0 Å². The molecule has 0 amide bonds. The monoisotopic (exact) mass is 257 g/mol. The van der Waals surface area contributed by atoms with Crippen molar-refractivity contribution in [1.29, 1.82) is 0 Å². The Hall–Kier alpha value is -0.0600. The van der Waals surface area contributed by atoms with Crippen molar-refractivity contribution >= 4 is 24.0 Å². The Bertz CT molecular complexity index is 332. The molecule has 1 saturated carbocycles. The molecule has 1 fully saturated rings. The lowest BCUT2D eigenvalue weighted by atomic mass is 9.90. The zero-order valence-corrected chi connectivity index (χ0v) is 11.4. The van der Waals surface area contributed by atoms with E-state index in [1.807, 2.05) is 11.3 Å². The van der Waals surface area contributed by atoms with Gasteiger partial charge in [-0.15, -0.1) is 11.3 Å². The maximum atomic E-state index is 5.18. The van der Waals surface area contributed by atoms with E-state index in [2.05, 4.69) is 12.6 Å². The average Bonchev–Trinajstić information content (AvgIpc) is 2.74. The highest BCUT2D eigenvalue weighted by molar-refractivity contribution is 7.79. The van der Waals surface area contributed by atoms with Crippen LogP contribution in [0.4, 0.5) is 0 Å². The standard InChI is InChI=1S/C12H19NOS2/c1-14-7-10-11(8-15)16-12(13-10)9-5-3-2-4-6-9/h9,15H,2-8H2,1H3. The molecule has 1 aromatic heterocycles. The highest BCUT2D eigenvalue weighted by Crippen LogP contribution is 2.36. The molecule has 1 heterocycles. The number of hydrogen-bond donors (Lipinski definition) is 1. The summed E-state index contributed by atoms with van der Waals surface area (Å²) >= 11 is 6.20. The highest BCUT2D eigenvalue weighted by Gasteiger charge is 2.20. The molecule has 16 heavy (non-hydrogen) atoms. The normalized spacial score (nSPS) is 17.9. The van der Waals surface area contributed by atoms with Gasteiger partial charge in [0.1, 0.15) is 0 Å². The first-order chi connectivity index (χ1) is 7.85. The third kappa shape index (κ3) is 2.79. The van der Waals surface area contributed by atoms with Gasteiger partial charge in [0.05, 0.1) is 17.3 Å². The summed E-state index contributed by atoms with van der Waals surface area (Å²) in [6.45, 7) is 0.624. The number of hydrogen-bond acceptors (Lipinski definition) is 4. The van der Waals surface area contributed by atoms with Crippen LogP contribution in [0.25, 0.3) is 0 Å². The molecule has 4 heteroatoms. The first kappa shape index (κ1) is 12.4. The number of ether oxygens (including phenoxy) is 1. The maximum absolute atomic E-state index is 5.18. The van der Waals surface area contributed by atoms with Crippen LogP contribution < -0.4 is 0 Å². The largest absolute Gasteiger partial charge is 0.378 e. The van der Waals surface area contributed by atoms with Crippen molar-refractivity contribution < 1.29 is 4.74 Å². The van der Waals surface area contributed by atoms with Crippen molar-refractivity contribution in [3.8, 4) is 0 Å². The molecule has 0 saturated heterocycles. The second-order valence-corrected chi connectivity index (χ2v) is 5.78. The second-order valence-electron chi connectivity index (χ2n) is 4.35. The van der Waals surface area contributed by atoms with Crippen LogP contribution in [0.15, 0.2) is 0 Å². The van der Waals surface area contributed by atoms with Crippen molar-refractivity contribution in [1.82, 2.24) is 4.98 Å². The number of thiol groups is 1. The van der Waals surface area contributed by atoms with Gasteiger partial charge in [-0.3, -0.25) is 0 Å². The van der Waals surface area contributed by atoms with E-state index < -0.39 is 0 Å². The summed E-state index contributed by atoms with van der Waals surface area (Å²) in [7, 11) is 1.72. The minimum Gasteiger partial charge on any atom is -0.378 e. The molecule has 90 valence electrons. The van der Waals surface area contributed by atoms with Crippen LogP contribution in [0.1, 0.15) is 53.6 Å². The molecule has 1 aromatic rings. The fraction of sp³-hybridized carbons (Fsp3) is 0.750. The lowest BCUT2D eigenvalue weighted by molar-refractivity contribution is 0.181. The van der Waals surface area contributed by atoms with Crippen LogP contribution in [0.2, 0.25) is 0 Å². The Kier molecular flexibility index (Phi) is 4.67. The summed E-state index contributed by atoms with van der Waals surface area (Å²) in [6.07, 6.45) is 6.74. The predicted octanol–water partition coefficient (Wildman–Crippen LogP) is 3.77. The van der Waals surface area contributed by atoms with Crippen LogP contribution in [0.3, 0.4) is 0 Å². The van der Waals surface area contributed by atoms with Gasteiger partial charge in [-0.25, -0.2) is 4.98 Å². The fourth-order valence-corrected chi connectivity index (χ4v) is 3.77.